The lowest BCUT2D eigenvalue weighted by molar-refractivity contribution is -0.121. The van der Waals surface area contributed by atoms with Gasteiger partial charge in [-0.3, -0.25) is 4.79 Å². The van der Waals surface area contributed by atoms with E-state index in [4.69, 9.17) is 9.47 Å². The van der Waals surface area contributed by atoms with Gasteiger partial charge in [-0.05, 0) is 53.4 Å². The van der Waals surface area contributed by atoms with Gasteiger partial charge in [0, 0.05) is 6.54 Å². The zero-order chi connectivity index (χ0) is 28.4. The summed E-state index contributed by atoms with van der Waals surface area (Å²) < 4.78 is 39.7. The van der Waals surface area contributed by atoms with Crippen molar-refractivity contribution in [3.05, 3.63) is 125 Å². The summed E-state index contributed by atoms with van der Waals surface area (Å²) in [5.41, 5.74) is 5.69. The molecule has 0 aliphatic heterocycles. The number of benzene rings is 4. The van der Waals surface area contributed by atoms with Crippen molar-refractivity contribution in [2.24, 2.45) is 5.10 Å². The van der Waals surface area contributed by atoms with Crippen molar-refractivity contribution in [3.63, 3.8) is 0 Å². The maximum Gasteiger partial charge on any atom is 0.255 e. The van der Waals surface area contributed by atoms with Crippen LogP contribution in [-0.4, -0.2) is 38.5 Å². The van der Waals surface area contributed by atoms with Crippen molar-refractivity contribution < 1.29 is 22.7 Å². The predicted octanol–water partition coefficient (Wildman–Crippen LogP) is 4.92. The molecule has 9 heteroatoms. The van der Waals surface area contributed by atoms with Crippen LogP contribution in [0.4, 0.5) is 0 Å². The molecule has 4 aromatic rings. The average molecular weight is 558 g/mol. The van der Waals surface area contributed by atoms with E-state index in [0.717, 1.165) is 21.0 Å². The van der Waals surface area contributed by atoms with Gasteiger partial charge < -0.3 is 9.47 Å². The topological polar surface area (TPSA) is 97.3 Å². The van der Waals surface area contributed by atoms with Gasteiger partial charge in [0.05, 0.1) is 19.9 Å². The number of nitrogens with zero attached hydrogens (tertiary/aromatic N) is 2. The van der Waals surface area contributed by atoms with E-state index in [1.54, 1.807) is 37.3 Å². The van der Waals surface area contributed by atoms with Crippen LogP contribution >= 0.6 is 0 Å². The van der Waals surface area contributed by atoms with Crippen molar-refractivity contribution in [2.45, 2.75) is 25.0 Å². The zero-order valence-corrected chi connectivity index (χ0v) is 23.2. The summed E-state index contributed by atoms with van der Waals surface area (Å²) in [5, 5.41) is 4.04. The second-order valence-corrected chi connectivity index (χ2v) is 11.0. The number of hydrogen-bond acceptors (Lipinski definition) is 6. The van der Waals surface area contributed by atoms with Crippen LogP contribution in [0.5, 0.6) is 11.5 Å². The van der Waals surface area contributed by atoms with Crippen LogP contribution in [-0.2, 0) is 28.0 Å². The molecule has 8 nitrogen and oxygen atoms in total. The van der Waals surface area contributed by atoms with Gasteiger partial charge in [-0.25, -0.2) is 13.8 Å². The molecule has 0 radical (unpaired) electrons. The van der Waals surface area contributed by atoms with Crippen molar-refractivity contribution in [1.82, 2.24) is 9.73 Å². The summed E-state index contributed by atoms with van der Waals surface area (Å²) in [6.45, 7) is 1.78. The number of methoxy groups -OCH3 is 1. The molecule has 0 spiro atoms. The summed E-state index contributed by atoms with van der Waals surface area (Å²) in [5.74, 6) is 0.279. The van der Waals surface area contributed by atoms with Crippen molar-refractivity contribution >= 4 is 22.1 Å². The Hall–Kier alpha value is -4.47. The first-order valence-electron chi connectivity index (χ1n) is 12.6. The Morgan fingerprint density at radius 2 is 1.60 bits per heavy atom. The van der Waals surface area contributed by atoms with E-state index in [9.17, 15) is 13.2 Å². The highest BCUT2D eigenvalue weighted by Crippen LogP contribution is 2.28. The first-order chi connectivity index (χ1) is 19.3. The number of hydrogen-bond donors (Lipinski definition) is 1. The van der Waals surface area contributed by atoms with Gasteiger partial charge in [0.25, 0.3) is 5.91 Å². The number of sulfonamides is 1. The minimum atomic E-state index is -4.09. The van der Waals surface area contributed by atoms with Crippen LogP contribution in [0.1, 0.15) is 22.3 Å². The molecule has 0 heterocycles. The molecule has 1 N–H and O–H groups in total. The summed E-state index contributed by atoms with van der Waals surface area (Å²) >= 11 is 0. The molecule has 0 bridgehead atoms. The lowest BCUT2D eigenvalue weighted by Crippen LogP contribution is -2.39. The smallest absolute Gasteiger partial charge is 0.255 e. The molecule has 0 unspecified atom stereocenters. The van der Waals surface area contributed by atoms with Crippen LogP contribution < -0.4 is 14.9 Å². The van der Waals surface area contributed by atoms with Gasteiger partial charge in [-0.1, -0.05) is 78.9 Å². The molecule has 0 aliphatic carbocycles. The number of carbonyl (C=O) groups is 1. The molecular weight excluding hydrogens is 526 g/mol. The molecule has 0 fully saturated rings. The molecule has 0 saturated heterocycles. The lowest BCUT2D eigenvalue weighted by Gasteiger charge is -2.23. The van der Waals surface area contributed by atoms with E-state index in [2.05, 4.69) is 10.5 Å². The van der Waals surface area contributed by atoms with E-state index < -0.39 is 22.5 Å². The van der Waals surface area contributed by atoms with Crippen LogP contribution in [0.25, 0.3) is 0 Å². The third-order valence-electron chi connectivity index (χ3n) is 5.97. The van der Waals surface area contributed by atoms with E-state index in [1.165, 1.54) is 19.4 Å². The molecule has 0 atom stereocenters. The van der Waals surface area contributed by atoms with Gasteiger partial charge in [0.1, 0.15) is 23.0 Å². The van der Waals surface area contributed by atoms with Gasteiger partial charge in [-0.2, -0.15) is 9.41 Å². The fraction of sp³-hybridized carbons (Fsp3) is 0.161. The summed E-state index contributed by atoms with van der Waals surface area (Å²) in [6, 6.07) is 31.1. The molecule has 4 rings (SSSR count). The van der Waals surface area contributed by atoms with Crippen LogP contribution in [0.2, 0.25) is 0 Å². The van der Waals surface area contributed by atoms with Crippen molar-refractivity contribution in [2.75, 3.05) is 13.7 Å². The number of aryl methyl sites for hydroxylation is 1. The van der Waals surface area contributed by atoms with E-state index in [0.29, 0.717) is 17.9 Å². The second kappa shape index (κ2) is 13.5. The molecule has 40 heavy (non-hydrogen) atoms. The third kappa shape index (κ3) is 7.78. The van der Waals surface area contributed by atoms with Gasteiger partial charge in [0.15, 0.2) is 0 Å². The number of rotatable bonds is 12. The molecule has 1 amide bonds. The molecule has 0 aliphatic rings. The third-order valence-corrected chi connectivity index (χ3v) is 7.78. The highest BCUT2D eigenvalue weighted by molar-refractivity contribution is 7.89. The van der Waals surface area contributed by atoms with Crippen LogP contribution in [0.15, 0.2) is 113 Å². The Bertz CT molecular complexity index is 1560. The predicted molar refractivity (Wildman–Crippen MR) is 155 cm³/mol. The Morgan fingerprint density at radius 1 is 0.900 bits per heavy atom. The number of carbonyl (C=O) groups excluding carboxylic acids is 1. The van der Waals surface area contributed by atoms with Crippen molar-refractivity contribution in [1.29, 1.82) is 0 Å². The normalized spacial score (nSPS) is 11.5. The molecular formula is C31H31N3O5S. The van der Waals surface area contributed by atoms with Gasteiger partial charge in [-0.15, -0.1) is 0 Å². The average Bonchev–Trinajstić information content (AvgIpc) is 2.97. The second-order valence-electron chi connectivity index (χ2n) is 9.05. The first kappa shape index (κ1) is 28.5. The summed E-state index contributed by atoms with van der Waals surface area (Å²) in [4.78, 5) is 12.9. The van der Waals surface area contributed by atoms with E-state index in [1.807, 2.05) is 66.7 Å². The van der Waals surface area contributed by atoms with Crippen molar-refractivity contribution in [3.8, 4) is 11.5 Å². The minimum Gasteiger partial charge on any atom is -0.495 e. The number of amides is 1. The molecule has 0 aromatic heterocycles. The molecule has 206 valence electrons. The van der Waals surface area contributed by atoms with Crippen LogP contribution in [0, 0.1) is 6.92 Å². The Morgan fingerprint density at radius 3 is 2.30 bits per heavy atom. The van der Waals surface area contributed by atoms with Gasteiger partial charge >= 0.3 is 0 Å². The van der Waals surface area contributed by atoms with Gasteiger partial charge in [0.2, 0.25) is 10.0 Å². The fourth-order valence-electron chi connectivity index (χ4n) is 3.94. The quantitative estimate of drug-likeness (QED) is 0.197. The van der Waals surface area contributed by atoms with E-state index in [-0.39, 0.29) is 17.2 Å². The molecule has 0 saturated carbocycles. The highest BCUT2D eigenvalue weighted by atomic mass is 32.2. The zero-order valence-electron chi connectivity index (χ0n) is 22.4. The summed E-state index contributed by atoms with van der Waals surface area (Å²) in [7, 11) is -2.68. The van der Waals surface area contributed by atoms with E-state index >= 15 is 0 Å². The summed E-state index contributed by atoms with van der Waals surface area (Å²) in [6.07, 6.45) is 1.48. The standard InChI is InChI=1S/C31H31N3O5S/c1-24-16-17-29(38-2)30(18-24)40(36,37)34(21-25-10-5-3-6-11-25)22-31(35)33-32-20-27-14-9-15-28(19-27)39-23-26-12-7-4-8-13-26/h3-20H,21-23H2,1-2H3,(H,33,35)/b32-20+. The highest BCUT2D eigenvalue weighted by Gasteiger charge is 2.30. The number of ether oxygens (including phenoxy) is 2. The maximum atomic E-state index is 13.7. The lowest BCUT2D eigenvalue weighted by atomic mass is 10.2. The number of nitrogens with one attached hydrogen (secondary N) is 1. The minimum absolute atomic E-state index is 0.00178. The Labute approximate surface area is 234 Å². The SMILES string of the molecule is COc1ccc(C)cc1S(=O)(=O)N(CC(=O)N/N=C/c1cccc(OCc2ccccc2)c1)Cc1ccccc1. The fourth-order valence-corrected chi connectivity index (χ4v) is 5.56. The first-order valence-corrected chi connectivity index (χ1v) is 14.1. The Kier molecular flexibility index (Phi) is 9.66. The Balaban J connectivity index is 1.46. The largest absolute Gasteiger partial charge is 0.495 e. The van der Waals surface area contributed by atoms with Crippen LogP contribution in [0.3, 0.4) is 0 Å². The molecule has 4 aromatic carbocycles. The maximum absolute atomic E-state index is 13.7. The number of hydrazone groups is 1. The monoisotopic (exact) mass is 557 g/mol.